The van der Waals surface area contributed by atoms with Crippen molar-refractivity contribution in [2.75, 3.05) is 31.2 Å². The van der Waals surface area contributed by atoms with Gasteiger partial charge < -0.3 is 20.3 Å². The van der Waals surface area contributed by atoms with Crippen molar-refractivity contribution in [2.24, 2.45) is 0 Å². The zero-order valence-electron chi connectivity index (χ0n) is 18.5. The van der Waals surface area contributed by atoms with Crippen LogP contribution in [0.3, 0.4) is 0 Å². The second-order valence-corrected chi connectivity index (χ2v) is 9.39. The Hall–Kier alpha value is -3.68. The number of nitrogens with zero attached hydrogens (tertiary/aromatic N) is 2. The lowest BCUT2D eigenvalue weighted by Crippen LogP contribution is -2.43. The Morgan fingerprint density at radius 3 is 2.41 bits per heavy atom. The monoisotopic (exact) mass is 468 g/mol. The highest BCUT2D eigenvalue weighted by molar-refractivity contribution is 7.19. The Kier molecular flexibility index (Phi) is 5.49. The van der Waals surface area contributed by atoms with E-state index in [0.717, 1.165) is 63.9 Å². The number of thiazole rings is 1. The molecule has 0 radical (unpaired) electrons. The maximum atomic E-state index is 12.8. The Balaban J connectivity index is 1.47. The van der Waals surface area contributed by atoms with Gasteiger partial charge in [0.15, 0.2) is 0 Å². The number of amides is 2. The van der Waals surface area contributed by atoms with Gasteiger partial charge in [-0.15, -0.1) is 11.3 Å². The van der Waals surface area contributed by atoms with E-state index in [-0.39, 0.29) is 12.1 Å². The van der Waals surface area contributed by atoms with Crippen molar-refractivity contribution in [1.82, 2.24) is 15.6 Å². The first-order valence-electron chi connectivity index (χ1n) is 11.4. The van der Waals surface area contributed by atoms with Crippen LogP contribution in [0, 0.1) is 0 Å². The number of nitrogens with one attached hydrogen (secondary N) is 2. The number of ether oxygens (including phenoxy) is 1. The zero-order chi connectivity index (χ0) is 22.9. The number of urea groups is 1. The molecule has 0 saturated carbocycles. The second kappa shape index (κ2) is 8.93. The Labute approximate surface area is 201 Å². The summed E-state index contributed by atoms with van der Waals surface area (Å²) in [5.41, 5.74) is 5.88. The fourth-order valence-electron chi connectivity index (χ4n) is 4.56. The van der Waals surface area contributed by atoms with Crippen molar-refractivity contribution in [3.05, 3.63) is 95.0 Å². The van der Waals surface area contributed by atoms with Gasteiger partial charge in [0.05, 0.1) is 35.2 Å². The summed E-state index contributed by atoms with van der Waals surface area (Å²) in [7, 11) is 0. The molecule has 1 fully saturated rings. The molecule has 2 N–H and O–H groups in total. The van der Waals surface area contributed by atoms with Crippen LogP contribution in [0.15, 0.2) is 78.9 Å². The summed E-state index contributed by atoms with van der Waals surface area (Å²) in [6, 6.07) is 26.1. The van der Waals surface area contributed by atoms with Crippen LogP contribution in [0.1, 0.15) is 22.2 Å². The van der Waals surface area contributed by atoms with Crippen LogP contribution >= 0.6 is 11.3 Å². The number of carbonyl (C=O) groups excluding carboxylic acids is 1. The van der Waals surface area contributed by atoms with Gasteiger partial charge in [0.2, 0.25) is 0 Å². The van der Waals surface area contributed by atoms with Gasteiger partial charge >= 0.3 is 6.03 Å². The molecular weight excluding hydrogens is 444 g/mol. The lowest BCUT2D eigenvalue weighted by Gasteiger charge is -2.31. The SMILES string of the molecule is O=C1NC(c2ccccc2)=C(c2nc3ccccc3s2)[C@H](c2ccc(N3CCOCC3)cc2)N1. The molecule has 4 aromatic rings. The van der Waals surface area contributed by atoms with Crippen molar-refractivity contribution >= 4 is 44.5 Å². The molecule has 2 amide bonds. The number of benzene rings is 3. The minimum atomic E-state index is -0.316. The van der Waals surface area contributed by atoms with E-state index in [1.54, 1.807) is 11.3 Å². The molecule has 3 heterocycles. The number of fused-ring (bicyclic) bond motifs is 1. The van der Waals surface area contributed by atoms with Crippen molar-refractivity contribution in [1.29, 1.82) is 0 Å². The fraction of sp³-hybridized carbons (Fsp3) is 0.185. The van der Waals surface area contributed by atoms with Crippen molar-refractivity contribution in [3.8, 4) is 0 Å². The predicted octanol–water partition coefficient (Wildman–Crippen LogP) is 5.06. The highest BCUT2D eigenvalue weighted by Gasteiger charge is 2.32. The summed E-state index contributed by atoms with van der Waals surface area (Å²) in [6.45, 7) is 3.27. The molecular formula is C27H24N4O2S. The van der Waals surface area contributed by atoms with E-state index < -0.39 is 0 Å². The van der Waals surface area contributed by atoms with Crippen LogP contribution in [0.5, 0.6) is 0 Å². The third-order valence-electron chi connectivity index (χ3n) is 6.26. The van der Waals surface area contributed by atoms with E-state index in [1.807, 2.05) is 48.5 Å². The van der Waals surface area contributed by atoms with Gasteiger partial charge in [-0.25, -0.2) is 9.78 Å². The number of hydrogen-bond acceptors (Lipinski definition) is 5. The molecule has 2 aliphatic heterocycles. The molecule has 1 aromatic heterocycles. The molecule has 0 unspecified atom stereocenters. The minimum absolute atomic E-state index is 0.217. The largest absolute Gasteiger partial charge is 0.378 e. The number of morpholine rings is 1. The van der Waals surface area contributed by atoms with Gasteiger partial charge in [0, 0.05) is 24.4 Å². The molecule has 6 nitrogen and oxygen atoms in total. The Morgan fingerprint density at radius 2 is 1.65 bits per heavy atom. The van der Waals surface area contributed by atoms with E-state index in [1.165, 1.54) is 5.69 Å². The molecule has 34 heavy (non-hydrogen) atoms. The van der Waals surface area contributed by atoms with Crippen molar-refractivity contribution in [2.45, 2.75) is 6.04 Å². The summed E-state index contributed by atoms with van der Waals surface area (Å²) in [5.74, 6) is 0. The summed E-state index contributed by atoms with van der Waals surface area (Å²) in [4.78, 5) is 20.1. The van der Waals surface area contributed by atoms with E-state index in [2.05, 4.69) is 45.9 Å². The average Bonchev–Trinajstić information content (AvgIpc) is 3.33. The fourth-order valence-corrected chi connectivity index (χ4v) is 5.61. The van der Waals surface area contributed by atoms with Gasteiger partial charge in [0.25, 0.3) is 0 Å². The molecule has 1 atom stereocenters. The second-order valence-electron chi connectivity index (χ2n) is 8.36. The van der Waals surface area contributed by atoms with Crippen LogP contribution in [0.25, 0.3) is 21.5 Å². The van der Waals surface area contributed by atoms with Gasteiger partial charge in [-0.1, -0.05) is 54.6 Å². The molecule has 170 valence electrons. The Bertz CT molecular complexity index is 1330. The summed E-state index contributed by atoms with van der Waals surface area (Å²) in [5, 5.41) is 7.11. The maximum absolute atomic E-state index is 12.8. The Morgan fingerprint density at radius 1 is 0.912 bits per heavy atom. The molecule has 2 aliphatic rings. The van der Waals surface area contributed by atoms with E-state index in [4.69, 9.17) is 9.72 Å². The number of anilines is 1. The zero-order valence-corrected chi connectivity index (χ0v) is 19.3. The third kappa shape index (κ3) is 3.93. The number of para-hydroxylation sites is 1. The molecule has 6 rings (SSSR count). The number of hydrogen-bond donors (Lipinski definition) is 2. The van der Waals surface area contributed by atoms with Crippen LogP contribution in [0.4, 0.5) is 10.5 Å². The van der Waals surface area contributed by atoms with Gasteiger partial charge in [0.1, 0.15) is 5.01 Å². The molecule has 1 saturated heterocycles. The molecule has 0 bridgehead atoms. The topological polar surface area (TPSA) is 66.5 Å². The third-order valence-corrected chi connectivity index (χ3v) is 7.33. The first-order valence-corrected chi connectivity index (χ1v) is 12.2. The highest BCUT2D eigenvalue weighted by atomic mass is 32.1. The first kappa shape index (κ1) is 20.9. The minimum Gasteiger partial charge on any atom is -0.378 e. The smallest absolute Gasteiger partial charge is 0.320 e. The van der Waals surface area contributed by atoms with E-state index in [9.17, 15) is 4.79 Å². The van der Waals surface area contributed by atoms with E-state index >= 15 is 0 Å². The van der Waals surface area contributed by atoms with E-state index in [0.29, 0.717) is 0 Å². The van der Waals surface area contributed by atoms with Crippen molar-refractivity contribution in [3.63, 3.8) is 0 Å². The molecule has 3 aromatic carbocycles. The maximum Gasteiger partial charge on any atom is 0.320 e. The van der Waals surface area contributed by atoms with Crippen LogP contribution in [-0.4, -0.2) is 37.3 Å². The van der Waals surface area contributed by atoms with Gasteiger partial charge in [-0.05, 0) is 35.4 Å². The lowest BCUT2D eigenvalue weighted by atomic mass is 9.93. The lowest BCUT2D eigenvalue weighted by molar-refractivity contribution is 0.122. The van der Waals surface area contributed by atoms with Crippen LogP contribution < -0.4 is 15.5 Å². The molecule has 0 aliphatic carbocycles. The number of rotatable bonds is 4. The van der Waals surface area contributed by atoms with Gasteiger partial charge in [-0.3, -0.25) is 0 Å². The highest BCUT2D eigenvalue weighted by Crippen LogP contribution is 2.41. The standard InChI is InChI=1S/C27H24N4O2S/c32-27-29-24(18-6-2-1-3-7-18)23(26-28-21-8-4-5-9-22(21)34-26)25(30-27)19-10-12-20(13-11-19)31-14-16-33-17-15-31/h1-13,25H,14-17H2,(H2,29,30,32)/t25-/m0/s1. The predicted molar refractivity (Wildman–Crippen MR) is 137 cm³/mol. The van der Waals surface area contributed by atoms with Gasteiger partial charge in [-0.2, -0.15) is 0 Å². The first-order chi connectivity index (χ1) is 16.8. The summed E-state index contributed by atoms with van der Waals surface area (Å²) >= 11 is 1.65. The molecule has 0 spiro atoms. The number of carbonyl (C=O) groups is 1. The summed E-state index contributed by atoms with van der Waals surface area (Å²) in [6.07, 6.45) is 0. The number of aromatic nitrogens is 1. The quantitative estimate of drug-likeness (QED) is 0.440. The summed E-state index contributed by atoms with van der Waals surface area (Å²) < 4.78 is 6.61. The van der Waals surface area contributed by atoms with Crippen molar-refractivity contribution < 1.29 is 9.53 Å². The molecule has 7 heteroatoms. The average molecular weight is 469 g/mol. The normalized spacial score (nSPS) is 18.6. The van der Waals surface area contributed by atoms with Crippen LogP contribution in [0.2, 0.25) is 0 Å². The van der Waals surface area contributed by atoms with Crippen LogP contribution in [-0.2, 0) is 4.74 Å².